The van der Waals surface area contributed by atoms with Gasteiger partial charge in [-0.1, -0.05) is 12.1 Å². The largest absolute Gasteiger partial charge is 0.467 e. The summed E-state index contributed by atoms with van der Waals surface area (Å²) in [6.45, 7) is 0. The van der Waals surface area contributed by atoms with Crippen LogP contribution in [0.4, 0.5) is 4.39 Å². The highest BCUT2D eigenvalue weighted by Gasteiger charge is 2.27. The van der Waals surface area contributed by atoms with Gasteiger partial charge in [0.25, 0.3) is 0 Å². The Balaban J connectivity index is 1.49. The van der Waals surface area contributed by atoms with Crippen LogP contribution in [0.5, 0.6) is 5.75 Å². The number of ether oxygens (including phenoxy) is 1. The first-order valence-electron chi connectivity index (χ1n) is 9.91. The van der Waals surface area contributed by atoms with Crippen molar-refractivity contribution >= 4 is 16.7 Å². The molecule has 0 aliphatic carbocycles. The van der Waals surface area contributed by atoms with Crippen LogP contribution in [0.3, 0.4) is 0 Å². The molecule has 0 radical (unpaired) electrons. The Morgan fingerprint density at radius 2 is 2.19 bits per heavy atom. The summed E-state index contributed by atoms with van der Waals surface area (Å²) in [5.41, 5.74) is 2.90. The number of aromatic nitrogens is 6. The summed E-state index contributed by atoms with van der Waals surface area (Å²) in [6.07, 6.45) is 5.16. The number of imidazole rings is 1. The summed E-state index contributed by atoms with van der Waals surface area (Å²) >= 11 is 0. The molecule has 4 aromatic heterocycles. The number of hydrogen-bond donors (Lipinski definition) is 1. The summed E-state index contributed by atoms with van der Waals surface area (Å²) in [4.78, 5) is 24.5. The first-order chi connectivity index (χ1) is 15.6. The Kier molecular flexibility index (Phi) is 3.85. The molecule has 0 fully saturated rings. The van der Waals surface area contributed by atoms with Crippen molar-refractivity contribution in [3.63, 3.8) is 0 Å². The van der Waals surface area contributed by atoms with Crippen molar-refractivity contribution in [2.75, 3.05) is 0 Å². The van der Waals surface area contributed by atoms with Gasteiger partial charge in [-0.15, -0.1) is 0 Å². The van der Waals surface area contributed by atoms with Crippen LogP contribution in [0.2, 0.25) is 0 Å². The van der Waals surface area contributed by atoms with Crippen molar-refractivity contribution in [2.45, 2.75) is 19.1 Å². The van der Waals surface area contributed by atoms with E-state index in [0.29, 0.717) is 46.5 Å². The van der Waals surface area contributed by atoms with Crippen LogP contribution < -0.4 is 10.4 Å². The number of nitrogens with one attached hydrogen (secondary N) is 1. The van der Waals surface area contributed by atoms with Crippen LogP contribution >= 0.6 is 0 Å². The van der Waals surface area contributed by atoms with Crippen molar-refractivity contribution in [3.8, 4) is 23.2 Å². The van der Waals surface area contributed by atoms with Gasteiger partial charge in [0.2, 0.25) is 0 Å². The second-order valence-corrected chi connectivity index (χ2v) is 7.49. The number of nitriles is 1. The van der Waals surface area contributed by atoms with Gasteiger partial charge in [0.05, 0.1) is 35.1 Å². The molecule has 0 saturated heterocycles. The van der Waals surface area contributed by atoms with Crippen LogP contribution in [-0.4, -0.2) is 29.1 Å². The van der Waals surface area contributed by atoms with Crippen LogP contribution in [0, 0.1) is 17.1 Å². The van der Waals surface area contributed by atoms with E-state index in [4.69, 9.17) is 4.74 Å². The average molecular weight is 427 g/mol. The summed E-state index contributed by atoms with van der Waals surface area (Å²) in [5.74, 6) is 0.0405. The van der Waals surface area contributed by atoms with E-state index < -0.39 is 17.7 Å². The van der Waals surface area contributed by atoms with Crippen LogP contribution in [0.25, 0.3) is 28.1 Å². The molecule has 1 aliphatic heterocycles. The van der Waals surface area contributed by atoms with Gasteiger partial charge >= 0.3 is 5.69 Å². The first kappa shape index (κ1) is 18.3. The van der Waals surface area contributed by atoms with Gasteiger partial charge in [-0.2, -0.15) is 10.4 Å². The zero-order valence-electron chi connectivity index (χ0n) is 16.5. The van der Waals surface area contributed by atoms with E-state index in [2.05, 4.69) is 26.1 Å². The lowest BCUT2D eigenvalue weighted by Crippen LogP contribution is -2.29. The van der Waals surface area contributed by atoms with Gasteiger partial charge < -0.3 is 9.72 Å². The molecule has 1 aromatic carbocycles. The van der Waals surface area contributed by atoms with E-state index in [9.17, 15) is 14.4 Å². The lowest BCUT2D eigenvalue weighted by molar-refractivity contribution is 0.101. The van der Waals surface area contributed by atoms with Crippen molar-refractivity contribution in [2.24, 2.45) is 0 Å². The predicted molar refractivity (Wildman–Crippen MR) is 111 cm³/mol. The number of aryl methyl sites for hydroxylation is 1. The molecule has 6 rings (SSSR count). The van der Waals surface area contributed by atoms with Crippen molar-refractivity contribution in [1.29, 1.82) is 5.26 Å². The van der Waals surface area contributed by atoms with Crippen LogP contribution in [0.15, 0.2) is 53.7 Å². The molecular weight excluding hydrogens is 413 g/mol. The number of para-hydroxylation sites is 1. The zero-order chi connectivity index (χ0) is 21.8. The van der Waals surface area contributed by atoms with Crippen molar-refractivity contribution < 1.29 is 9.13 Å². The molecular formula is C22H14FN7O2. The van der Waals surface area contributed by atoms with Gasteiger partial charge in [0, 0.05) is 12.6 Å². The Morgan fingerprint density at radius 3 is 3.06 bits per heavy atom. The Hall–Kier alpha value is -4.52. The second-order valence-electron chi connectivity index (χ2n) is 7.49. The van der Waals surface area contributed by atoms with E-state index in [1.54, 1.807) is 35.1 Å². The van der Waals surface area contributed by atoms with E-state index in [1.807, 2.05) is 6.07 Å². The molecule has 9 nitrogen and oxygen atoms in total. The number of H-pyrrole nitrogens is 1. The van der Waals surface area contributed by atoms with Crippen molar-refractivity contribution in [3.05, 3.63) is 76.4 Å². The lowest BCUT2D eigenvalue weighted by Gasteiger charge is -2.26. The minimum atomic E-state index is -0.711. The van der Waals surface area contributed by atoms with Crippen LogP contribution in [-0.2, 0) is 6.42 Å². The predicted octanol–water partition coefficient (Wildman–Crippen LogP) is 2.97. The van der Waals surface area contributed by atoms with Gasteiger partial charge in [-0.3, -0.25) is 0 Å². The van der Waals surface area contributed by atoms with Gasteiger partial charge in [0.1, 0.15) is 5.52 Å². The highest BCUT2D eigenvalue weighted by atomic mass is 19.1. The molecule has 5 heterocycles. The van der Waals surface area contributed by atoms with E-state index in [1.165, 1.54) is 16.8 Å². The summed E-state index contributed by atoms with van der Waals surface area (Å²) in [5, 5.41) is 13.5. The molecule has 0 amide bonds. The Labute approximate surface area is 179 Å². The number of nitrogens with zero attached hydrogens (tertiary/aromatic N) is 6. The molecule has 1 atom stereocenters. The number of hydrogen-bond acceptors (Lipinski definition) is 6. The maximum absolute atomic E-state index is 14.3. The van der Waals surface area contributed by atoms with E-state index >= 15 is 0 Å². The lowest BCUT2D eigenvalue weighted by atomic mass is 10.0. The molecule has 156 valence electrons. The normalized spacial score (nSPS) is 15.4. The number of pyridine rings is 1. The number of aromatic amines is 1. The third-order valence-electron chi connectivity index (χ3n) is 5.60. The minimum absolute atomic E-state index is 0.158. The smallest absolute Gasteiger partial charge is 0.330 e. The van der Waals surface area contributed by atoms with Gasteiger partial charge in [-0.25, -0.2) is 28.2 Å². The summed E-state index contributed by atoms with van der Waals surface area (Å²) < 4.78 is 23.2. The molecule has 32 heavy (non-hydrogen) atoms. The molecule has 0 saturated carbocycles. The molecule has 1 unspecified atom stereocenters. The third-order valence-corrected chi connectivity index (χ3v) is 5.60. The average Bonchev–Trinajstić information content (AvgIpc) is 3.38. The highest BCUT2D eigenvalue weighted by molar-refractivity contribution is 5.80. The fourth-order valence-corrected chi connectivity index (χ4v) is 4.07. The third kappa shape index (κ3) is 2.68. The SMILES string of the molecule is N#Cc1ccn2ncc(-c3ncc4[nH]c(=O)n(C5CCc6cccc(F)c6O5)c4n3)c2c1. The monoisotopic (exact) mass is 427 g/mol. The standard InChI is InChI=1S/C22H14FN7O2/c23-15-3-1-2-13-4-5-18(32-19(13)15)30-21-16(27-22(30)31)11-25-20(28-21)14-10-26-29-7-6-12(9-24)8-17(14)29/h1-3,6-8,10-11,18H,4-5H2,(H,27,31). The number of benzene rings is 1. The van der Waals surface area contributed by atoms with E-state index in [0.717, 1.165) is 5.56 Å². The molecule has 1 aliphatic rings. The molecule has 5 aromatic rings. The molecule has 0 spiro atoms. The van der Waals surface area contributed by atoms with Crippen molar-refractivity contribution in [1.82, 2.24) is 29.1 Å². The zero-order valence-corrected chi connectivity index (χ0v) is 16.5. The Bertz CT molecular complexity index is 1630. The second kappa shape index (κ2) is 6.75. The first-order valence-corrected chi connectivity index (χ1v) is 9.91. The molecule has 1 N–H and O–H groups in total. The minimum Gasteiger partial charge on any atom is -0.467 e. The number of rotatable bonds is 2. The van der Waals surface area contributed by atoms with Gasteiger partial charge in [0.15, 0.2) is 29.3 Å². The van der Waals surface area contributed by atoms with Gasteiger partial charge in [-0.05, 0) is 30.2 Å². The quantitative estimate of drug-likeness (QED) is 0.463. The topological polar surface area (TPSA) is 114 Å². The molecule has 10 heteroatoms. The Morgan fingerprint density at radius 1 is 1.28 bits per heavy atom. The summed E-state index contributed by atoms with van der Waals surface area (Å²) in [6, 6.07) is 10.3. The number of fused-ring (bicyclic) bond motifs is 3. The van der Waals surface area contributed by atoms with Crippen LogP contribution in [0.1, 0.15) is 23.8 Å². The fraction of sp³-hybridized carbons (Fsp3) is 0.136. The van der Waals surface area contributed by atoms with E-state index in [-0.39, 0.29) is 5.75 Å². The maximum Gasteiger partial charge on any atom is 0.330 e. The molecule has 0 bridgehead atoms. The fourth-order valence-electron chi connectivity index (χ4n) is 4.07. The highest BCUT2D eigenvalue weighted by Crippen LogP contribution is 2.34. The number of halogens is 1. The maximum atomic E-state index is 14.3. The summed E-state index contributed by atoms with van der Waals surface area (Å²) in [7, 11) is 0.